The first-order valence-electron chi connectivity index (χ1n) is 14.3. The monoisotopic (exact) mass is 578 g/mol. The number of furan rings is 1. The zero-order chi connectivity index (χ0) is 30.7. The molecule has 0 radical (unpaired) electrons. The van der Waals surface area contributed by atoms with Crippen LogP contribution in [-0.4, -0.2) is 30.9 Å². The van der Waals surface area contributed by atoms with E-state index in [0.717, 1.165) is 12.8 Å². The fraction of sp³-hybridized carbons (Fsp3) is 0.294. The van der Waals surface area contributed by atoms with E-state index in [4.69, 9.17) is 9.15 Å². The molecule has 1 N–H and O–H groups in total. The molecule has 4 aromatic rings. The molecular formula is C34H31FN4O4. The second-order valence-electron chi connectivity index (χ2n) is 10.6. The van der Waals surface area contributed by atoms with Crippen molar-refractivity contribution in [1.29, 1.82) is 10.5 Å². The van der Waals surface area contributed by atoms with Crippen molar-refractivity contribution < 1.29 is 23.1 Å². The van der Waals surface area contributed by atoms with E-state index >= 15 is 0 Å². The number of benzene rings is 3. The Labute approximate surface area is 249 Å². The van der Waals surface area contributed by atoms with Gasteiger partial charge >= 0.3 is 0 Å². The van der Waals surface area contributed by atoms with Crippen molar-refractivity contribution in [2.45, 2.75) is 51.5 Å². The second-order valence-corrected chi connectivity index (χ2v) is 10.6. The molecular weight excluding hydrogens is 547 g/mol. The Kier molecular flexibility index (Phi) is 8.18. The third-order valence-corrected chi connectivity index (χ3v) is 8.02. The number of fused-ring (bicyclic) bond motifs is 1. The average Bonchev–Trinajstić information content (AvgIpc) is 3.65. The summed E-state index contributed by atoms with van der Waals surface area (Å²) in [6, 6.07) is 16.6. The van der Waals surface area contributed by atoms with Crippen molar-refractivity contribution in [2.75, 3.05) is 18.6 Å². The van der Waals surface area contributed by atoms with Gasteiger partial charge in [0.1, 0.15) is 28.4 Å². The topological polar surface area (TPSA) is 119 Å². The standard InChI is InChI=1S/C34H31FN4O4/c1-4-28(40)31-25-17-24(22-10-13-29(42-3)26(16-22)33(41)38-34(19-36)14-6-7-15-34)27(39(5-2)20-37)18-30(25)43-32(31)21-8-11-23(35)12-9-21/h8-13,16-18H,4-7,14-15H2,1-3H3,(H,38,41). The highest BCUT2D eigenvalue weighted by Crippen LogP contribution is 2.42. The minimum absolute atomic E-state index is 0.155. The van der Waals surface area contributed by atoms with E-state index in [-0.39, 0.29) is 17.8 Å². The SMILES string of the molecule is CCC(=O)c1c(-c2ccc(F)cc2)oc2cc(N(C#N)CC)c(-c3ccc(OC)c(C(=O)NC4(C#N)CCCC4)c3)cc12. The third kappa shape index (κ3) is 5.42. The maximum absolute atomic E-state index is 13.7. The summed E-state index contributed by atoms with van der Waals surface area (Å²) in [6.45, 7) is 3.95. The van der Waals surface area contributed by atoms with Crippen LogP contribution < -0.4 is 15.0 Å². The summed E-state index contributed by atoms with van der Waals surface area (Å²) in [5.74, 6) is -0.336. The molecule has 218 valence electrons. The lowest BCUT2D eigenvalue weighted by molar-refractivity contribution is 0.0916. The lowest BCUT2D eigenvalue weighted by Gasteiger charge is -2.23. The van der Waals surface area contributed by atoms with Gasteiger partial charge in [0, 0.05) is 35.5 Å². The Balaban J connectivity index is 1.72. The van der Waals surface area contributed by atoms with Gasteiger partial charge in [0.15, 0.2) is 12.0 Å². The van der Waals surface area contributed by atoms with Crippen LogP contribution >= 0.6 is 0 Å². The van der Waals surface area contributed by atoms with E-state index in [1.54, 1.807) is 49.4 Å². The molecule has 1 aliphatic carbocycles. The summed E-state index contributed by atoms with van der Waals surface area (Å²) in [6.07, 6.45) is 5.30. The van der Waals surface area contributed by atoms with E-state index in [2.05, 4.69) is 17.6 Å². The molecule has 5 rings (SSSR count). The zero-order valence-electron chi connectivity index (χ0n) is 24.3. The Morgan fingerprint density at radius 1 is 1.05 bits per heavy atom. The Morgan fingerprint density at radius 3 is 2.35 bits per heavy atom. The number of carbonyl (C=O) groups is 2. The number of nitrogens with one attached hydrogen (secondary N) is 1. The van der Waals surface area contributed by atoms with Gasteiger partial charge < -0.3 is 14.5 Å². The maximum Gasteiger partial charge on any atom is 0.256 e. The summed E-state index contributed by atoms with van der Waals surface area (Å²) >= 11 is 0. The van der Waals surface area contributed by atoms with Gasteiger partial charge in [-0.25, -0.2) is 4.39 Å². The second kappa shape index (κ2) is 12.0. The zero-order valence-corrected chi connectivity index (χ0v) is 24.3. The van der Waals surface area contributed by atoms with Crippen molar-refractivity contribution in [3.05, 3.63) is 71.5 Å². The van der Waals surface area contributed by atoms with Crippen LogP contribution in [0.25, 0.3) is 33.4 Å². The van der Waals surface area contributed by atoms with Crippen molar-refractivity contribution >= 4 is 28.3 Å². The van der Waals surface area contributed by atoms with Crippen LogP contribution in [0.3, 0.4) is 0 Å². The Hall–Kier alpha value is -5.15. The Bertz CT molecular complexity index is 1790. The highest BCUT2D eigenvalue weighted by molar-refractivity contribution is 6.14. The number of hydrogen-bond acceptors (Lipinski definition) is 7. The first-order chi connectivity index (χ1) is 20.8. The first kappa shape index (κ1) is 29.3. The molecule has 1 amide bonds. The van der Waals surface area contributed by atoms with E-state index in [0.29, 0.717) is 69.8 Å². The number of halogens is 1. The molecule has 9 heteroatoms. The normalized spacial score (nSPS) is 13.7. The molecule has 1 aromatic heterocycles. The van der Waals surface area contributed by atoms with Gasteiger partial charge in [-0.1, -0.05) is 13.0 Å². The molecule has 3 aromatic carbocycles. The largest absolute Gasteiger partial charge is 0.496 e. The van der Waals surface area contributed by atoms with E-state index < -0.39 is 17.3 Å². The number of hydrogen-bond donors (Lipinski definition) is 1. The number of Topliss-reactive ketones (excluding diaryl/α,β-unsaturated/α-hetero) is 1. The van der Waals surface area contributed by atoms with E-state index in [1.807, 2.05) is 6.92 Å². The number of nitriles is 2. The number of anilines is 1. The third-order valence-electron chi connectivity index (χ3n) is 8.02. The number of nitrogens with zero attached hydrogens (tertiary/aromatic N) is 3. The predicted octanol–water partition coefficient (Wildman–Crippen LogP) is 7.38. The van der Waals surface area contributed by atoms with Gasteiger partial charge in [0.25, 0.3) is 5.91 Å². The number of ketones is 1. The van der Waals surface area contributed by atoms with Crippen LogP contribution in [0.5, 0.6) is 5.75 Å². The van der Waals surface area contributed by atoms with Crippen molar-refractivity contribution in [2.24, 2.45) is 0 Å². The highest BCUT2D eigenvalue weighted by atomic mass is 19.1. The van der Waals surface area contributed by atoms with Gasteiger partial charge in [-0.3, -0.25) is 14.5 Å². The van der Waals surface area contributed by atoms with E-state index in [9.17, 15) is 24.5 Å². The number of carbonyl (C=O) groups excluding carboxylic acids is 2. The molecule has 0 atom stereocenters. The summed E-state index contributed by atoms with van der Waals surface area (Å²) in [4.78, 5) is 28.3. The molecule has 0 bridgehead atoms. The summed E-state index contributed by atoms with van der Waals surface area (Å²) in [5.41, 5.74) is 2.35. The Morgan fingerprint density at radius 2 is 1.74 bits per heavy atom. The van der Waals surface area contributed by atoms with Crippen molar-refractivity contribution in [1.82, 2.24) is 5.32 Å². The lowest BCUT2D eigenvalue weighted by Crippen LogP contribution is -2.45. The van der Waals surface area contributed by atoms with Gasteiger partial charge in [-0.15, -0.1) is 0 Å². The first-order valence-corrected chi connectivity index (χ1v) is 14.3. The quantitative estimate of drug-likeness (QED) is 0.125. The van der Waals surface area contributed by atoms with Crippen molar-refractivity contribution in [3.63, 3.8) is 0 Å². The number of methoxy groups -OCH3 is 1. The molecule has 1 saturated carbocycles. The molecule has 0 unspecified atom stereocenters. The van der Waals surface area contributed by atoms with Gasteiger partial charge in [0.05, 0.1) is 30.0 Å². The van der Waals surface area contributed by atoms with Crippen LogP contribution in [0.2, 0.25) is 0 Å². The summed E-state index contributed by atoms with van der Waals surface area (Å²) in [7, 11) is 1.47. The number of rotatable bonds is 9. The maximum atomic E-state index is 13.7. The van der Waals surface area contributed by atoms with E-state index in [1.165, 1.54) is 24.1 Å². The van der Waals surface area contributed by atoms with Crippen LogP contribution in [0.15, 0.2) is 59.0 Å². The van der Waals surface area contributed by atoms with Crippen LogP contribution in [0.1, 0.15) is 66.7 Å². The molecule has 1 aliphatic rings. The van der Waals surface area contributed by atoms with Crippen LogP contribution in [-0.2, 0) is 0 Å². The molecule has 0 spiro atoms. The number of amides is 1. The minimum atomic E-state index is -0.926. The summed E-state index contributed by atoms with van der Waals surface area (Å²) in [5, 5.41) is 23.3. The van der Waals surface area contributed by atoms with Crippen molar-refractivity contribution in [3.8, 4) is 40.5 Å². The van der Waals surface area contributed by atoms with Crippen LogP contribution in [0, 0.1) is 28.6 Å². The van der Waals surface area contributed by atoms with Gasteiger partial charge in [0.2, 0.25) is 0 Å². The smallest absolute Gasteiger partial charge is 0.256 e. The van der Waals surface area contributed by atoms with Gasteiger partial charge in [-0.05, 0) is 80.6 Å². The molecule has 1 fully saturated rings. The number of ether oxygens (including phenoxy) is 1. The molecule has 43 heavy (non-hydrogen) atoms. The fourth-order valence-electron chi connectivity index (χ4n) is 5.72. The summed E-state index contributed by atoms with van der Waals surface area (Å²) < 4.78 is 25.4. The fourth-order valence-corrected chi connectivity index (χ4v) is 5.72. The predicted molar refractivity (Wildman–Crippen MR) is 161 cm³/mol. The molecule has 0 saturated heterocycles. The minimum Gasteiger partial charge on any atom is -0.496 e. The van der Waals surface area contributed by atoms with Gasteiger partial charge in [-0.2, -0.15) is 10.5 Å². The molecule has 8 nitrogen and oxygen atoms in total. The molecule has 1 heterocycles. The highest BCUT2D eigenvalue weighted by Gasteiger charge is 2.36. The average molecular weight is 579 g/mol. The molecule has 0 aliphatic heterocycles. The lowest BCUT2D eigenvalue weighted by atomic mass is 9.94. The van der Waals surface area contributed by atoms with Crippen LogP contribution in [0.4, 0.5) is 10.1 Å².